The first-order valence-electron chi connectivity index (χ1n) is 9.67. The highest BCUT2D eigenvalue weighted by Crippen LogP contribution is 1.99. The largest absolute Gasteiger partial charge is 0.501 e. The Hall–Kier alpha value is -2.25. The second-order valence-corrected chi connectivity index (χ2v) is 6.35. The summed E-state index contributed by atoms with van der Waals surface area (Å²) in [4.78, 5) is 17.7. The second kappa shape index (κ2) is 19.1. The van der Waals surface area contributed by atoms with E-state index in [9.17, 15) is 14.3 Å². The van der Waals surface area contributed by atoms with Gasteiger partial charge in [-0.2, -0.15) is 0 Å². The molecule has 0 aliphatic heterocycles. The maximum Gasteiger partial charge on any atom is 0.270 e. The minimum absolute atomic E-state index is 0.182. The summed E-state index contributed by atoms with van der Waals surface area (Å²) in [5.41, 5.74) is 0.488. The first kappa shape index (κ1) is 29.0. The Bertz CT molecular complexity index is 592. The van der Waals surface area contributed by atoms with Gasteiger partial charge >= 0.3 is 0 Å². The number of methoxy groups -OCH3 is 1. The van der Waals surface area contributed by atoms with Gasteiger partial charge in [0, 0.05) is 20.1 Å². The molecule has 0 fully saturated rings. The van der Waals surface area contributed by atoms with E-state index in [-0.39, 0.29) is 17.8 Å². The van der Waals surface area contributed by atoms with Crippen LogP contribution in [0.4, 0.5) is 4.39 Å². The van der Waals surface area contributed by atoms with Crippen LogP contribution in [-0.4, -0.2) is 62.0 Å². The topological polar surface area (TPSA) is 74.2 Å². The van der Waals surface area contributed by atoms with Crippen molar-refractivity contribution in [2.45, 2.75) is 46.6 Å². The number of nitrogens with one attached hydrogen (secondary N) is 1. The molecule has 0 radical (unpaired) electrons. The highest BCUT2D eigenvalue weighted by atomic mass is 19.1. The van der Waals surface area contributed by atoms with Crippen LogP contribution in [0.15, 0.2) is 53.2 Å². The lowest BCUT2D eigenvalue weighted by Crippen LogP contribution is -2.37. The van der Waals surface area contributed by atoms with Gasteiger partial charge < -0.3 is 20.1 Å². The van der Waals surface area contributed by atoms with E-state index < -0.39 is 0 Å². The normalized spacial score (nSPS) is 14.2. The van der Waals surface area contributed by atoms with Crippen LogP contribution in [0, 0.1) is 0 Å². The van der Waals surface area contributed by atoms with Gasteiger partial charge in [0.25, 0.3) is 5.91 Å². The van der Waals surface area contributed by atoms with Crippen LogP contribution in [0.1, 0.15) is 40.5 Å². The lowest BCUT2D eigenvalue weighted by atomic mass is 10.2. The zero-order valence-electron chi connectivity index (χ0n) is 18.9. The molecule has 0 aromatic rings. The highest BCUT2D eigenvalue weighted by molar-refractivity contribution is 6.39. The summed E-state index contributed by atoms with van der Waals surface area (Å²) in [6.07, 6.45) is 11.0. The number of carbonyl (C=O) groups excluding carboxylic acids is 1. The van der Waals surface area contributed by atoms with Crippen molar-refractivity contribution in [1.82, 2.24) is 10.2 Å². The molecule has 7 heteroatoms. The average Bonchev–Trinajstić information content (AvgIpc) is 2.71. The number of hydrogen-bond acceptors (Lipinski definition) is 5. The van der Waals surface area contributed by atoms with Crippen molar-refractivity contribution in [3.05, 3.63) is 48.2 Å². The number of halogens is 1. The van der Waals surface area contributed by atoms with Gasteiger partial charge in [0.15, 0.2) is 0 Å². The summed E-state index contributed by atoms with van der Waals surface area (Å²) in [6, 6.07) is 0. The Morgan fingerprint density at radius 2 is 1.93 bits per heavy atom. The van der Waals surface area contributed by atoms with Gasteiger partial charge in [-0.25, -0.2) is 4.39 Å². The number of nitrogens with zero attached hydrogens (tertiary/aromatic N) is 2. The van der Waals surface area contributed by atoms with Crippen molar-refractivity contribution in [2.24, 2.45) is 4.99 Å². The predicted molar refractivity (Wildman–Crippen MR) is 119 cm³/mol. The fourth-order valence-corrected chi connectivity index (χ4v) is 1.84. The number of hydrogen-bond donors (Lipinski definition) is 2. The van der Waals surface area contributed by atoms with Crippen LogP contribution >= 0.6 is 0 Å². The monoisotopic (exact) mass is 411 g/mol. The van der Waals surface area contributed by atoms with E-state index in [1.807, 2.05) is 32.7 Å². The number of aliphatic hydroxyl groups excluding tert-OH is 1. The van der Waals surface area contributed by atoms with Gasteiger partial charge in [-0.3, -0.25) is 9.79 Å². The third kappa shape index (κ3) is 18.9. The molecule has 29 heavy (non-hydrogen) atoms. The van der Waals surface area contributed by atoms with E-state index in [1.54, 1.807) is 44.7 Å². The number of rotatable bonds is 11. The number of aliphatic hydroxyl groups is 1. The molecule has 0 aliphatic carbocycles. The number of aliphatic imine (C=N–C) groups is 1. The molecule has 0 spiro atoms. The van der Waals surface area contributed by atoms with Crippen molar-refractivity contribution < 1.29 is 19.0 Å². The SMILES string of the molecule is C/C=C\NC(=O)C(CN(C)CCC(O)CC)=NC.CO/C(C)=C/C=C\C=C(/C)F. The smallest absolute Gasteiger partial charge is 0.270 e. The molecule has 2 N–H and O–H groups in total. The van der Waals surface area contributed by atoms with Crippen LogP contribution in [0.5, 0.6) is 0 Å². The summed E-state index contributed by atoms with van der Waals surface area (Å²) in [5, 5.41) is 12.1. The molecule has 166 valence electrons. The van der Waals surface area contributed by atoms with Crippen LogP contribution in [0.25, 0.3) is 0 Å². The highest BCUT2D eigenvalue weighted by Gasteiger charge is 2.12. The molecular formula is C22H38FN3O3. The van der Waals surface area contributed by atoms with E-state index >= 15 is 0 Å². The van der Waals surface area contributed by atoms with Crippen molar-refractivity contribution in [3.8, 4) is 0 Å². The molecule has 1 amide bonds. The number of ether oxygens (including phenoxy) is 1. The fraction of sp³-hybridized carbons (Fsp3) is 0.545. The van der Waals surface area contributed by atoms with Gasteiger partial charge in [0.1, 0.15) is 5.71 Å². The molecule has 0 saturated heterocycles. The summed E-state index contributed by atoms with van der Waals surface area (Å²) >= 11 is 0. The Kier molecular flexibility index (Phi) is 19.1. The van der Waals surface area contributed by atoms with Gasteiger partial charge in [-0.15, -0.1) is 0 Å². The summed E-state index contributed by atoms with van der Waals surface area (Å²) in [5.74, 6) is 0.411. The Morgan fingerprint density at radius 1 is 1.31 bits per heavy atom. The fourth-order valence-electron chi connectivity index (χ4n) is 1.84. The third-order valence-electron chi connectivity index (χ3n) is 3.74. The summed E-state index contributed by atoms with van der Waals surface area (Å²) < 4.78 is 16.9. The number of carbonyl (C=O) groups is 1. The van der Waals surface area contributed by atoms with Gasteiger partial charge in [-0.05, 0) is 59.0 Å². The van der Waals surface area contributed by atoms with Crippen LogP contribution in [-0.2, 0) is 9.53 Å². The first-order valence-corrected chi connectivity index (χ1v) is 9.67. The van der Waals surface area contributed by atoms with E-state index in [1.165, 1.54) is 13.0 Å². The summed E-state index contributed by atoms with van der Waals surface area (Å²) in [6.45, 7) is 8.24. The van der Waals surface area contributed by atoms with Crippen molar-refractivity contribution >= 4 is 11.6 Å². The zero-order chi connectivity index (χ0) is 22.7. The molecular weight excluding hydrogens is 373 g/mol. The summed E-state index contributed by atoms with van der Waals surface area (Å²) in [7, 11) is 5.12. The van der Waals surface area contributed by atoms with Crippen molar-refractivity contribution in [2.75, 3.05) is 34.3 Å². The van der Waals surface area contributed by atoms with Gasteiger partial charge in [-0.1, -0.05) is 25.2 Å². The molecule has 0 rings (SSSR count). The van der Waals surface area contributed by atoms with Crippen LogP contribution in [0.2, 0.25) is 0 Å². The van der Waals surface area contributed by atoms with Crippen molar-refractivity contribution in [1.29, 1.82) is 0 Å². The lowest BCUT2D eigenvalue weighted by molar-refractivity contribution is -0.114. The van der Waals surface area contributed by atoms with E-state index in [4.69, 9.17) is 4.74 Å². The lowest BCUT2D eigenvalue weighted by Gasteiger charge is -2.18. The molecule has 1 atom stereocenters. The molecule has 0 heterocycles. The van der Waals surface area contributed by atoms with E-state index in [2.05, 4.69) is 10.3 Å². The number of amides is 1. The molecule has 0 aromatic heterocycles. The molecule has 1 unspecified atom stereocenters. The molecule has 0 bridgehead atoms. The maximum atomic E-state index is 12.1. The van der Waals surface area contributed by atoms with Crippen LogP contribution < -0.4 is 5.32 Å². The number of allylic oxidation sites excluding steroid dienone is 7. The van der Waals surface area contributed by atoms with Gasteiger partial charge in [0.05, 0.1) is 24.8 Å². The maximum absolute atomic E-state index is 12.1. The molecule has 6 nitrogen and oxygen atoms in total. The van der Waals surface area contributed by atoms with Crippen LogP contribution in [0.3, 0.4) is 0 Å². The predicted octanol–water partition coefficient (Wildman–Crippen LogP) is 3.77. The Balaban J connectivity index is 0. The minimum atomic E-state index is -0.272. The zero-order valence-corrected chi connectivity index (χ0v) is 18.9. The molecule has 0 aromatic carbocycles. The first-order chi connectivity index (χ1) is 13.7. The quantitative estimate of drug-likeness (QED) is 0.308. The Morgan fingerprint density at radius 3 is 2.41 bits per heavy atom. The van der Waals surface area contributed by atoms with Gasteiger partial charge in [0.2, 0.25) is 0 Å². The second-order valence-electron chi connectivity index (χ2n) is 6.35. The van der Waals surface area contributed by atoms with Crippen molar-refractivity contribution in [3.63, 3.8) is 0 Å². The van der Waals surface area contributed by atoms with E-state index in [0.29, 0.717) is 18.7 Å². The third-order valence-corrected chi connectivity index (χ3v) is 3.74. The van der Waals surface area contributed by atoms with E-state index in [0.717, 1.165) is 18.7 Å². The minimum Gasteiger partial charge on any atom is -0.501 e. The molecule has 0 aliphatic rings. The standard InChI is InChI=1S/C13H25N3O2.C9H13FO/c1-5-8-15-13(18)12(14-3)10-16(4)9-7-11(17)6-2;1-8(10)6-4-5-7-9(2)11-3/h5,8,11,17H,6-7,9-10H2,1-4H3,(H,15,18);4-7H,1-3H3/b8-5-,14-12?;5-4-,8-6+,9-7+. The molecule has 0 saturated carbocycles. The Labute approximate surface area is 175 Å². The average molecular weight is 412 g/mol.